The van der Waals surface area contributed by atoms with Gasteiger partial charge in [0.25, 0.3) is 0 Å². The molecule has 0 aromatic rings. The van der Waals surface area contributed by atoms with Crippen molar-refractivity contribution in [1.82, 2.24) is 15.1 Å². The molecule has 1 fully saturated rings. The predicted molar refractivity (Wildman–Crippen MR) is 71.0 cm³/mol. The van der Waals surface area contributed by atoms with Crippen molar-refractivity contribution in [3.63, 3.8) is 0 Å². The zero-order valence-corrected chi connectivity index (χ0v) is 11.9. The summed E-state index contributed by atoms with van der Waals surface area (Å²) in [6.07, 6.45) is 1.13. The summed E-state index contributed by atoms with van der Waals surface area (Å²) in [7, 11) is 4.03. The smallest absolute Gasteiger partial charge is 0.236 e. The van der Waals surface area contributed by atoms with Crippen molar-refractivity contribution in [2.24, 2.45) is 5.92 Å². The number of piperidine rings is 1. The topological polar surface area (TPSA) is 35.6 Å². The molecule has 17 heavy (non-hydrogen) atoms. The number of rotatable bonds is 4. The third kappa shape index (κ3) is 3.96. The van der Waals surface area contributed by atoms with Crippen molar-refractivity contribution < 1.29 is 4.79 Å². The Balaban J connectivity index is 2.38. The van der Waals surface area contributed by atoms with Gasteiger partial charge in [0.05, 0.1) is 6.54 Å². The normalized spacial score (nSPS) is 30.3. The molecule has 4 nitrogen and oxygen atoms in total. The van der Waals surface area contributed by atoms with Crippen molar-refractivity contribution in [2.45, 2.75) is 39.3 Å². The molecule has 0 aromatic carbocycles. The van der Waals surface area contributed by atoms with Gasteiger partial charge >= 0.3 is 0 Å². The monoisotopic (exact) mass is 241 g/mol. The van der Waals surface area contributed by atoms with Gasteiger partial charge in [0.15, 0.2) is 0 Å². The second kappa shape index (κ2) is 6.36. The number of hydrogen-bond donors (Lipinski definition) is 1. The highest BCUT2D eigenvalue weighted by Crippen LogP contribution is 2.20. The molecule has 1 aliphatic heterocycles. The predicted octanol–water partition coefficient (Wildman–Crippen LogP) is 0.783. The Morgan fingerprint density at radius 3 is 2.71 bits per heavy atom. The number of nitrogens with one attached hydrogen (secondary N) is 1. The van der Waals surface area contributed by atoms with Crippen LogP contribution in [-0.4, -0.2) is 61.5 Å². The van der Waals surface area contributed by atoms with E-state index >= 15 is 0 Å². The molecular formula is C13H27N3O. The largest absolute Gasteiger partial charge is 0.345 e. The lowest BCUT2D eigenvalue weighted by Crippen LogP contribution is -2.52. The van der Waals surface area contributed by atoms with Gasteiger partial charge < -0.3 is 15.1 Å². The van der Waals surface area contributed by atoms with Crippen LogP contribution in [0.2, 0.25) is 0 Å². The van der Waals surface area contributed by atoms with Crippen molar-refractivity contribution in [2.75, 3.05) is 33.7 Å². The molecule has 3 unspecified atom stereocenters. The first-order chi connectivity index (χ1) is 7.95. The molecule has 0 bridgehead atoms. The summed E-state index contributed by atoms with van der Waals surface area (Å²) in [4.78, 5) is 15.9. The van der Waals surface area contributed by atoms with Gasteiger partial charge in [0, 0.05) is 32.2 Å². The quantitative estimate of drug-likeness (QED) is 0.790. The van der Waals surface area contributed by atoms with Crippen LogP contribution in [0.3, 0.4) is 0 Å². The highest BCUT2D eigenvalue weighted by atomic mass is 16.2. The second-order valence-electron chi connectivity index (χ2n) is 5.40. The molecule has 1 heterocycles. The van der Waals surface area contributed by atoms with Crippen molar-refractivity contribution in [3.05, 3.63) is 0 Å². The maximum atomic E-state index is 11.7. The lowest BCUT2D eigenvalue weighted by molar-refractivity contribution is -0.129. The molecule has 1 aliphatic rings. The summed E-state index contributed by atoms with van der Waals surface area (Å²) in [6, 6.07) is 1.07. The van der Waals surface area contributed by atoms with Crippen LogP contribution in [0.5, 0.6) is 0 Å². The van der Waals surface area contributed by atoms with Gasteiger partial charge in [-0.05, 0) is 33.2 Å². The number of amides is 1. The summed E-state index contributed by atoms with van der Waals surface area (Å²) < 4.78 is 0. The molecule has 1 saturated heterocycles. The standard InChI is InChI=1S/C13H27N3O/c1-6-15(4)13(17)8-14-12-7-11(3)16(5)9-10(12)2/h10-12,14H,6-9H2,1-5H3. The minimum atomic E-state index is 0.186. The van der Waals surface area contributed by atoms with Crippen LogP contribution in [0.15, 0.2) is 0 Å². The molecule has 4 heteroatoms. The third-order valence-electron chi connectivity index (χ3n) is 4.03. The van der Waals surface area contributed by atoms with Crippen molar-refractivity contribution in [3.8, 4) is 0 Å². The van der Waals surface area contributed by atoms with Crippen LogP contribution in [0.4, 0.5) is 0 Å². The van der Waals surface area contributed by atoms with Gasteiger partial charge in [-0.15, -0.1) is 0 Å². The lowest BCUT2D eigenvalue weighted by Gasteiger charge is -2.40. The Labute approximate surface area is 105 Å². The van der Waals surface area contributed by atoms with Crippen LogP contribution in [0.1, 0.15) is 27.2 Å². The number of likely N-dealkylation sites (N-methyl/N-ethyl adjacent to an activating group) is 1. The molecule has 3 atom stereocenters. The molecule has 1 amide bonds. The Morgan fingerprint density at radius 2 is 2.12 bits per heavy atom. The maximum Gasteiger partial charge on any atom is 0.236 e. The fourth-order valence-corrected chi connectivity index (χ4v) is 2.36. The van der Waals surface area contributed by atoms with Gasteiger partial charge in [-0.2, -0.15) is 0 Å². The summed E-state index contributed by atoms with van der Waals surface area (Å²) in [5.74, 6) is 0.794. The first kappa shape index (κ1) is 14.5. The molecular weight excluding hydrogens is 214 g/mol. The Kier molecular flexibility index (Phi) is 5.40. The molecule has 1 rings (SSSR count). The van der Waals surface area contributed by atoms with Crippen LogP contribution in [-0.2, 0) is 4.79 Å². The van der Waals surface area contributed by atoms with E-state index in [0.29, 0.717) is 24.5 Å². The van der Waals surface area contributed by atoms with Crippen LogP contribution < -0.4 is 5.32 Å². The molecule has 0 radical (unpaired) electrons. The zero-order valence-electron chi connectivity index (χ0n) is 11.9. The number of carbonyl (C=O) groups excluding carboxylic acids is 1. The molecule has 0 spiro atoms. The fourth-order valence-electron chi connectivity index (χ4n) is 2.36. The van der Waals surface area contributed by atoms with E-state index in [0.717, 1.165) is 19.5 Å². The first-order valence-electron chi connectivity index (χ1n) is 6.63. The molecule has 0 saturated carbocycles. The number of hydrogen-bond acceptors (Lipinski definition) is 3. The Hall–Kier alpha value is -0.610. The molecule has 100 valence electrons. The summed E-state index contributed by atoms with van der Waals surface area (Å²) >= 11 is 0. The van der Waals surface area contributed by atoms with E-state index in [1.165, 1.54) is 0 Å². The van der Waals surface area contributed by atoms with E-state index in [-0.39, 0.29) is 5.91 Å². The first-order valence-corrected chi connectivity index (χ1v) is 6.63. The Bertz CT molecular complexity index is 257. The van der Waals surface area contributed by atoms with E-state index in [1.54, 1.807) is 4.90 Å². The average Bonchev–Trinajstić information content (AvgIpc) is 2.30. The van der Waals surface area contributed by atoms with Crippen molar-refractivity contribution >= 4 is 5.91 Å². The minimum absolute atomic E-state index is 0.186. The Morgan fingerprint density at radius 1 is 1.47 bits per heavy atom. The van der Waals surface area contributed by atoms with Crippen LogP contribution in [0, 0.1) is 5.92 Å². The average molecular weight is 241 g/mol. The fraction of sp³-hybridized carbons (Fsp3) is 0.923. The highest BCUT2D eigenvalue weighted by molar-refractivity contribution is 5.77. The van der Waals surface area contributed by atoms with E-state index in [1.807, 2.05) is 14.0 Å². The van der Waals surface area contributed by atoms with Gasteiger partial charge in [0.1, 0.15) is 0 Å². The van der Waals surface area contributed by atoms with Crippen molar-refractivity contribution in [1.29, 1.82) is 0 Å². The van der Waals surface area contributed by atoms with Gasteiger partial charge in [-0.1, -0.05) is 6.92 Å². The minimum Gasteiger partial charge on any atom is -0.345 e. The number of nitrogens with zero attached hydrogens (tertiary/aromatic N) is 2. The summed E-state index contributed by atoms with van der Waals surface area (Å²) in [5.41, 5.74) is 0. The second-order valence-corrected chi connectivity index (χ2v) is 5.40. The number of carbonyl (C=O) groups is 1. The zero-order chi connectivity index (χ0) is 13.0. The number of likely N-dealkylation sites (tertiary alicyclic amines) is 1. The highest BCUT2D eigenvalue weighted by Gasteiger charge is 2.28. The lowest BCUT2D eigenvalue weighted by atomic mass is 9.90. The van der Waals surface area contributed by atoms with E-state index in [4.69, 9.17) is 0 Å². The van der Waals surface area contributed by atoms with Crippen LogP contribution in [0.25, 0.3) is 0 Å². The SMILES string of the molecule is CCN(C)C(=O)CNC1CC(C)N(C)CC1C. The third-order valence-corrected chi connectivity index (χ3v) is 4.03. The summed E-state index contributed by atoms with van der Waals surface area (Å²) in [5, 5.41) is 3.42. The van der Waals surface area contributed by atoms with E-state index < -0.39 is 0 Å². The van der Waals surface area contributed by atoms with Gasteiger partial charge in [-0.25, -0.2) is 0 Å². The van der Waals surface area contributed by atoms with E-state index in [9.17, 15) is 4.79 Å². The molecule has 0 aromatic heterocycles. The summed E-state index contributed by atoms with van der Waals surface area (Å²) in [6.45, 7) is 8.86. The van der Waals surface area contributed by atoms with E-state index in [2.05, 4.69) is 31.1 Å². The van der Waals surface area contributed by atoms with Gasteiger partial charge in [-0.3, -0.25) is 4.79 Å². The van der Waals surface area contributed by atoms with Gasteiger partial charge in [0.2, 0.25) is 5.91 Å². The maximum absolute atomic E-state index is 11.7. The molecule has 1 N–H and O–H groups in total. The van der Waals surface area contributed by atoms with Crippen LogP contribution >= 0.6 is 0 Å². The molecule has 0 aliphatic carbocycles.